The average molecular weight is 294 g/mol. The summed E-state index contributed by atoms with van der Waals surface area (Å²) in [5.74, 6) is -1.32. The number of carboxylic acid groups (broad SMARTS) is 1. The lowest BCUT2D eigenvalue weighted by atomic mass is 10.2. The van der Waals surface area contributed by atoms with E-state index >= 15 is 0 Å². The van der Waals surface area contributed by atoms with Gasteiger partial charge in [0.15, 0.2) is 5.58 Å². The van der Waals surface area contributed by atoms with Crippen molar-refractivity contribution in [1.82, 2.24) is 10.3 Å². The van der Waals surface area contributed by atoms with Crippen LogP contribution in [0.2, 0.25) is 0 Å². The van der Waals surface area contributed by atoms with Crippen molar-refractivity contribution in [3.63, 3.8) is 0 Å². The van der Waals surface area contributed by atoms with E-state index in [0.717, 1.165) is 17.3 Å². The van der Waals surface area contributed by atoms with Crippen molar-refractivity contribution in [2.45, 2.75) is 24.6 Å². The van der Waals surface area contributed by atoms with Gasteiger partial charge in [0.2, 0.25) is 5.91 Å². The molecule has 2 aromatic rings. The fourth-order valence-electron chi connectivity index (χ4n) is 1.61. The summed E-state index contributed by atoms with van der Waals surface area (Å²) in [6, 6.07) is 6.45. The van der Waals surface area contributed by atoms with E-state index in [0.29, 0.717) is 17.2 Å². The molecule has 1 heterocycles. The van der Waals surface area contributed by atoms with Crippen LogP contribution in [0, 0.1) is 0 Å². The largest absolute Gasteiger partial charge is 0.480 e. The van der Waals surface area contributed by atoms with Crippen molar-refractivity contribution in [3.8, 4) is 0 Å². The molecule has 0 fully saturated rings. The van der Waals surface area contributed by atoms with Crippen molar-refractivity contribution < 1.29 is 19.1 Å². The smallest absolute Gasteiger partial charge is 0.326 e. The number of aliphatic carboxylic acids is 1. The Hall–Kier alpha value is -2.02. The number of nitrogens with zero attached hydrogens (tertiary/aromatic N) is 1. The van der Waals surface area contributed by atoms with Gasteiger partial charge in [-0.3, -0.25) is 4.79 Å². The molecule has 1 aromatic heterocycles. The van der Waals surface area contributed by atoms with Gasteiger partial charge in [-0.1, -0.05) is 30.8 Å². The first-order valence-corrected chi connectivity index (χ1v) is 7.09. The zero-order chi connectivity index (χ0) is 14.5. The van der Waals surface area contributed by atoms with Crippen molar-refractivity contribution in [2.75, 3.05) is 5.75 Å². The highest BCUT2D eigenvalue weighted by Crippen LogP contribution is 2.22. The number of rotatable bonds is 6. The lowest BCUT2D eigenvalue weighted by molar-refractivity contribution is -0.141. The molecule has 2 rings (SSSR count). The number of carboxylic acids is 1. The highest BCUT2D eigenvalue weighted by molar-refractivity contribution is 7.99. The second-order valence-corrected chi connectivity index (χ2v) is 5.03. The first kappa shape index (κ1) is 14.4. The van der Waals surface area contributed by atoms with Crippen LogP contribution in [0.5, 0.6) is 0 Å². The van der Waals surface area contributed by atoms with Gasteiger partial charge in [-0.2, -0.15) is 0 Å². The molecule has 0 saturated heterocycles. The molecule has 20 heavy (non-hydrogen) atoms. The zero-order valence-electron chi connectivity index (χ0n) is 10.8. The third kappa shape index (κ3) is 3.51. The number of thioether (sulfide) groups is 1. The maximum atomic E-state index is 11.6. The maximum absolute atomic E-state index is 11.6. The SMILES string of the molecule is CC[C@H](NC(=O)CSc1nc2ccccc2o1)C(=O)O. The number of nitrogens with one attached hydrogen (secondary N) is 1. The molecule has 7 heteroatoms. The van der Waals surface area contributed by atoms with Crippen LogP contribution in [-0.2, 0) is 9.59 Å². The summed E-state index contributed by atoms with van der Waals surface area (Å²) in [6.07, 6.45) is 0.342. The van der Waals surface area contributed by atoms with E-state index in [1.54, 1.807) is 13.0 Å². The van der Waals surface area contributed by atoms with Gasteiger partial charge in [-0.25, -0.2) is 9.78 Å². The summed E-state index contributed by atoms with van der Waals surface area (Å²) >= 11 is 1.14. The monoisotopic (exact) mass is 294 g/mol. The number of carbonyl (C=O) groups is 2. The predicted octanol–water partition coefficient (Wildman–Crippen LogP) is 1.90. The lowest BCUT2D eigenvalue weighted by Gasteiger charge is -2.11. The number of aromatic nitrogens is 1. The number of carbonyl (C=O) groups excluding carboxylic acids is 1. The Morgan fingerprint density at radius 3 is 2.85 bits per heavy atom. The van der Waals surface area contributed by atoms with Crippen LogP contribution in [-0.4, -0.2) is 33.8 Å². The van der Waals surface area contributed by atoms with E-state index in [1.807, 2.05) is 18.2 Å². The molecule has 0 aliphatic carbocycles. The van der Waals surface area contributed by atoms with E-state index in [-0.39, 0.29) is 11.7 Å². The summed E-state index contributed by atoms with van der Waals surface area (Å²) in [6.45, 7) is 1.70. The van der Waals surface area contributed by atoms with Gasteiger partial charge in [0, 0.05) is 0 Å². The van der Waals surface area contributed by atoms with Gasteiger partial charge < -0.3 is 14.8 Å². The molecule has 1 atom stereocenters. The third-order valence-electron chi connectivity index (χ3n) is 2.64. The average Bonchev–Trinajstić information content (AvgIpc) is 2.85. The molecule has 0 spiro atoms. The number of amides is 1. The Morgan fingerprint density at radius 2 is 2.20 bits per heavy atom. The van der Waals surface area contributed by atoms with Crippen LogP contribution in [0.4, 0.5) is 0 Å². The molecule has 0 aliphatic heterocycles. The third-order valence-corrected chi connectivity index (χ3v) is 3.47. The van der Waals surface area contributed by atoms with Crippen LogP contribution in [0.1, 0.15) is 13.3 Å². The number of oxazole rings is 1. The Morgan fingerprint density at radius 1 is 1.45 bits per heavy atom. The van der Waals surface area contributed by atoms with Crippen molar-refractivity contribution in [3.05, 3.63) is 24.3 Å². The highest BCUT2D eigenvalue weighted by Gasteiger charge is 2.18. The molecular weight excluding hydrogens is 280 g/mol. The highest BCUT2D eigenvalue weighted by atomic mass is 32.2. The molecule has 0 bridgehead atoms. The number of hydrogen-bond acceptors (Lipinski definition) is 5. The Kier molecular flexibility index (Phi) is 4.62. The van der Waals surface area contributed by atoms with E-state index in [2.05, 4.69) is 10.3 Å². The topological polar surface area (TPSA) is 92.4 Å². The number of para-hydroxylation sites is 2. The molecule has 1 aromatic carbocycles. The predicted molar refractivity (Wildman–Crippen MR) is 74.6 cm³/mol. The first-order chi connectivity index (χ1) is 9.60. The molecular formula is C13H14N2O4S. The zero-order valence-corrected chi connectivity index (χ0v) is 11.6. The van der Waals surface area contributed by atoms with Crippen LogP contribution >= 0.6 is 11.8 Å². The maximum Gasteiger partial charge on any atom is 0.326 e. The molecule has 0 saturated carbocycles. The van der Waals surface area contributed by atoms with Crippen molar-refractivity contribution in [2.24, 2.45) is 0 Å². The Bertz CT molecular complexity index is 593. The standard InChI is InChI=1S/C13H14N2O4S/c1-2-8(12(17)18)14-11(16)7-20-13-15-9-5-3-4-6-10(9)19-13/h3-6,8H,2,7H2,1H3,(H,14,16)(H,17,18)/t8-/m0/s1. The lowest BCUT2D eigenvalue weighted by Crippen LogP contribution is -2.41. The minimum absolute atomic E-state index is 0.0661. The van der Waals surface area contributed by atoms with Gasteiger partial charge in [-0.15, -0.1) is 0 Å². The summed E-state index contributed by atoms with van der Waals surface area (Å²) in [5.41, 5.74) is 1.39. The summed E-state index contributed by atoms with van der Waals surface area (Å²) < 4.78 is 5.45. The minimum Gasteiger partial charge on any atom is -0.480 e. The fourth-order valence-corrected chi connectivity index (χ4v) is 2.26. The quantitative estimate of drug-likeness (QED) is 0.790. The first-order valence-electron chi connectivity index (χ1n) is 6.10. The van der Waals surface area contributed by atoms with E-state index in [4.69, 9.17) is 9.52 Å². The van der Waals surface area contributed by atoms with Gasteiger partial charge in [0.25, 0.3) is 5.22 Å². The molecule has 1 amide bonds. The molecule has 106 valence electrons. The van der Waals surface area contributed by atoms with Crippen LogP contribution < -0.4 is 5.32 Å². The van der Waals surface area contributed by atoms with Crippen LogP contribution in [0.3, 0.4) is 0 Å². The van der Waals surface area contributed by atoms with Crippen molar-refractivity contribution in [1.29, 1.82) is 0 Å². The van der Waals surface area contributed by atoms with Gasteiger partial charge >= 0.3 is 5.97 Å². The molecule has 6 nitrogen and oxygen atoms in total. The van der Waals surface area contributed by atoms with E-state index in [1.165, 1.54) is 0 Å². The van der Waals surface area contributed by atoms with Crippen molar-refractivity contribution >= 4 is 34.7 Å². The number of benzene rings is 1. The number of hydrogen-bond donors (Lipinski definition) is 2. The molecule has 0 unspecified atom stereocenters. The van der Waals surface area contributed by atoms with E-state index in [9.17, 15) is 9.59 Å². The molecule has 0 radical (unpaired) electrons. The molecule has 2 N–H and O–H groups in total. The summed E-state index contributed by atoms with van der Waals surface area (Å²) in [7, 11) is 0. The van der Waals surface area contributed by atoms with E-state index < -0.39 is 12.0 Å². The van der Waals surface area contributed by atoms with Gasteiger partial charge in [0.1, 0.15) is 11.6 Å². The molecule has 0 aliphatic rings. The van der Waals surface area contributed by atoms with Crippen LogP contribution in [0.25, 0.3) is 11.1 Å². The second kappa shape index (κ2) is 6.42. The summed E-state index contributed by atoms with van der Waals surface area (Å²) in [4.78, 5) is 26.7. The van der Waals surface area contributed by atoms with Gasteiger partial charge in [0.05, 0.1) is 5.75 Å². The number of fused-ring (bicyclic) bond motifs is 1. The van der Waals surface area contributed by atoms with Gasteiger partial charge in [-0.05, 0) is 18.6 Å². The minimum atomic E-state index is -1.03. The second-order valence-electron chi connectivity index (χ2n) is 4.10. The Balaban J connectivity index is 1.91. The van der Waals surface area contributed by atoms with Crippen LogP contribution in [0.15, 0.2) is 33.9 Å². The Labute approximate surface area is 119 Å². The summed E-state index contributed by atoms with van der Waals surface area (Å²) in [5, 5.41) is 11.7. The fraction of sp³-hybridized carbons (Fsp3) is 0.308. The normalized spacial score (nSPS) is 12.2.